The summed E-state index contributed by atoms with van der Waals surface area (Å²) in [5, 5.41) is 12.9. The summed E-state index contributed by atoms with van der Waals surface area (Å²) in [7, 11) is 0. The monoisotopic (exact) mass is 376 g/mol. The molecule has 7 nitrogen and oxygen atoms in total. The lowest BCUT2D eigenvalue weighted by atomic mass is 10.1. The van der Waals surface area contributed by atoms with Crippen LogP contribution in [-0.4, -0.2) is 46.3 Å². The Morgan fingerprint density at radius 2 is 2.19 bits per heavy atom. The normalized spacial score (nSPS) is 17.2. The topological polar surface area (TPSA) is 87.5 Å². The molecule has 3 heterocycles. The molecule has 1 aliphatic rings. The van der Waals surface area contributed by atoms with Crippen LogP contribution in [0.5, 0.6) is 0 Å². The molecule has 1 aliphatic heterocycles. The van der Waals surface area contributed by atoms with Gasteiger partial charge in [0.1, 0.15) is 11.3 Å². The number of anilines is 1. The van der Waals surface area contributed by atoms with Crippen LogP contribution in [0.2, 0.25) is 0 Å². The Bertz CT molecular complexity index is 925. The van der Waals surface area contributed by atoms with E-state index < -0.39 is 17.2 Å². The second-order valence-electron chi connectivity index (χ2n) is 7.27. The Kier molecular flexibility index (Phi) is 5.46. The number of carboxylic acids is 1. The predicted octanol–water partition coefficient (Wildman–Crippen LogP) is 2.08. The number of aromatic carboxylic acids is 1. The molecule has 1 fully saturated rings. The maximum atomic E-state index is 14.7. The fraction of sp³-hybridized carbons (Fsp3) is 0.526. The van der Waals surface area contributed by atoms with Crippen LogP contribution in [0.25, 0.3) is 11.0 Å². The van der Waals surface area contributed by atoms with E-state index in [2.05, 4.69) is 24.1 Å². The summed E-state index contributed by atoms with van der Waals surface area (Å²) in [6.45, 7) is 8.45. The Hall–Kier alpha value is -2.48. The fourth-order valence-electron chi connectivity index (χ4n) is 3.56. The Morgan fingerprint density at radius 3 is 2.81 bits per heavy atom. The summed E-state index contributed by atoms with van der Waals surface area (Å²) in [6, 6.07) is 2.60. The van der Waals surface area contributed by atoms with Crippen LogP contribution in [0.15, 0.2) is 16.9 Å². The number of nitrogens with one attached hydrogen (secondary N) is 1. The molecule has 1 saturated heterocycles. The molecule has 146 valence electrons. The number of fused-ring (bicyclic) bond motifs is 1. The molecule has 8 heteroatoms. The van der Waals surface area contributed by atoms with Gasteiger partial charge in [0.15, 0.2) is 17.1 Å². The van der Waals surface area contributed by atoms with Crippen LogP contribution in [0.1, 0.15) is 37.7 Å². The number of aryl methyl sites for hydroxylation is 1. The molecule has 0 aliphatic carbocycles. The van der Waals surface area contributed by atoms with E-state index in [0.29, 0.717) is 31.6 Å². The molecule has 1 unspecified atom stereocenters. The summed E-state index contributed by atoms with van der Waals surface area (Å²) in [6.07, 6.45) is 0.925. The van der Waals surface area contributed by atoms with Crippen LogP contribution in [-0.2, 0) is 6.54 Å². The quantitative estimate of drug-likeness (QED) is 0.803. The Balaban J connectivity index is 2.01. The van der Waals surface area contributed by atoms with E-state index in [-0.39, 0.29) is 22.5 Å². The maximum absolute atomic E-state index is 14.7. The third-order valence-corrected chi connectivity index (χ3v) is 4.95. The van der Waals surface area contributed by atoms with Crippen molar-refractivity contribution in [3.05, 3.63) is 33.9 Å². The van der Waals surface area contributed by atoms with E-state index in [1.807, 2.05) is 4.90 Å². The average molecular weight is 376 g/mol. The third kappa shape index (κ3) is 3.80. The molecular formula is C19H25FN4O3. The van der Waals surface area contributed by atoms with Gasteiger partial charge < -0.3 is 19.9 Å². The smallest absolute Gasteiger partial charge is 0.352 e. The van der Waals surface area contributed by atoms with E-state index in [4.69, 9.17) is 0 Å². The van der Waals surface area contributed by atoms with E-state index in [9.17, 15) is 19.1 Å². The first-order valence-electron chi connectivity index (χ1n) is 9.27. The van der Waals surface area contributed by atoms with E-state index in [0.717, 1.165) is 19.0 Å². The van der Waals surface area contributed by atoms with Crippen molar-refractivity contribution in [2.24, 2.45) is 5.92 Å². The SMILES string of the molecule is CCn1c(C(=O)O)cc(=O)c2cc(F)c(N3CCC(CNC(C)C)C3)nc21. The lowest BCUT2D eigenvalue weighted by Crippen LogP contribution is -2.31. The van der Waals surface area contributed by atoms with Gasteiger partial charge in [0.05, 0.1) is 5.39 Å². The van der Waals surface area contributed by atoms with Crippen molar-refractivity contribution < 1.29 is 14.3 Å². The second kappa shape index (κ2) is 7.64. The van der Waals surface area contributed by atoms with Gasteiger partial charge in [-0.05, 0) is 31.9 Å². The van der Waals surface area contributed by atoms with Gasteiger partial charge >= 0.3 is 5.97 Å². The molecule has 1 atom stereocenters. The van der Waals surface area contributed by atoms with Gasteiger partial charge in [-0.2, -0.15) is 0 Å². The minimum atomic E-state index is -1.20. The molecule has 27 heavy (non-hydrogen) atoms. The first-order chi connectivity index (χ1) is 12.8. The molecule has 2 N–H and O–H groups in total. The zero-order chi connectivity index (χ0) is 19.7. The summed E-state index contributed by atoms with van der Waals surface area (Å²) in [4.78, 5) is 30.0. The summed E-state index contributed by atoms with van der Waals surface area (Å²) < 4.78 is 16.1. The van der Waals surface area contributed by atoms with Gasteiger partial charge in [-0.3, -0.25) is 4.79 Å². The first kappa shape index (κ1) is 19.3. The van der Waals surface area contributed by atoms with Crippen molar-refractivity contribution >= 4 is 22.8 Å². The largest absolute Gasteiger partial charge is 0.477 e. The third-order valence-electron chi connectivity index (χ3n) is 4.95. The van der Waals surface area contributed by atoms with Crippen molar-refractivity contribution in [2.45, 2.75) is 39.8 Å². The first-order valence-corrected chi connectivity index (χ1v) is 9.27. The second-order valence-corrected chi connectivity index (χ2v) is 7.27. The van der Waals surface area contributed by atoms with Crippen LogP contribution < -0.4 is 15.6 Å². The minimum absolute atomic E-state index is 0.0975. The van der Waals surface area contributed by atoms with Crippen molar-refractivity contribution in [1.29, 1.82) is 0 Å². The summed E-state index contributed by atoms with van der Waals surface area (Å²) in [5.74, 6) is -1.19. The highest BCUT2D eigenvalue weighted by atomic mass is 19.1. The van der Waals surface area contributed by atoms with E-state index in [1.165, 1.54) is 10.6 Å². The highest BCUT2D eigenvalue weighted by molar-refractivity contribution is 5.90. The molecule has 2 aromatic heterocycles. The van der Waals surface area contributed by atoms with Crippen LogP contribution in [0.3, 0.4) is 0 Å². The zero-order valence-electron chi connectivity index (χ0n) is 15.8. The van der Waals surface area contributed by atoms with Gasteiger partial charge in [0.25, 0.3) is 0 Å². The van der Waals surface area contributed by atoms with Gasteiger partial charge in [-0.1, -0.05) is 13.8 Å². The zero-order valence-corrected chi connectivity index (χ0v) is 15.8. The number of carbonyl (C=O) groups is 1. The van der Waals surface area contributed by atoms with Crippen molar-refractivity contribution in [3.8, 4) is 0 Å². The lowest BCUT2D eigenvalue weighted by molar-refractivity contribution is 0.0685. The van der Waals surface area contributed by atoms with Gasteiger partial charge in [-0.15, -0.1) is 0 Å². The van der Waals surface area contributed by atoms with Gasteiger partial charge in [-0.25, -0.2) is 14.2 Å². The van der Waals surface area contributed by atoms with Crippen LogP contribution >= 0.6 is 0 Å². The molecule has 0 saturated carbocycles. The highest BCUT2D eigenvalue weighted by Gasteiger charge is 2.27. The molecule has 0 spiro atoms. The number of hydrogen-bond acceptors (Lipinski definition) is 5. The number of carboxylic acid groups (broad SMARTS) is 1. The standard InChI is InChI=1S/C19H25FN4O3/c1-4-24-15(19(26)27)8-16(25)13-7-14(20)18(22-17(13)24)23-6-5-12(10-23)9-21-11(2)3/h7-8,11-12,21H,4-6,9-10H2,1-3H3,(H,26,27). The molecule has 0 aromatic carbocycles. The molecule has 0 bridgehead atoms. The molecular weight excluding hydrogens is 351 g/mol. The van der Waals surface area contributed by atoms with Gasteiger partial charge in [0, 0.05) is 31.7 Å². The van der Waals surface area contributed by atoms with Crippen molar-refractivity contribution in [1.82, 2.24) is 14.9 Å². The van der Waals surface area contributed by atoms with Gasteiger partial charge in [0.2, 0.25) is 0 Å². The van der Waals surface area contributed by atoms with E-state index in [1.54, 1.807) is 6.92 Å². The molecule has 2 aromatic rings. The Morgan fingerprint density at radius 1 is 1.44 bits per heavy atom. The van der Waals surface area contributed by atoms with Crippen molar-refractivity contribution in [3.63, 3.8) is 0 Å². The van der Waals surface area contributed by atoms with Crippen molar-refractivity contribution in [2.75, 3.05) is 24.5 Å². The lowest BCUT2D eigenvalue weighted by Gasteiger charge is -2.20. The maximum Gasteiger partial charge on any atom is 0.352 e. The fourth-order valence-corrected chi connectivity index (χ4v) is 3.56. The number of aromatic nitrogens is 2. The molecule has 3 rings (SSSR count). The minimum Gasteiger partial charge on any atom is -0.477 e. The average Bonchev–Trinajstić information content (AvgIpc) is 3.08. The number of nitrogens with zero attached hydrogens (tertiary/aromatic N) is 3. The molecule has 0 amide bonds. The number of hydrogen-bond donors (Lipinski definition) is 2. The number of pyridine rings is 2. The highest BCUT2D eigenvalue weighted by Crippen LogP contribution is 2.27. The summed E-state index contributed by atoms with van der Waals surface area (Å²) >= 11 is 0. The molecule has 0 radical (unpaired) electrons. The predicted molar refractivity (Wildman–Crippen MR) is 102 cm³/mol. The van der Waals surface area contributed by atoms with Crippen LogP contribution in [0, 0.1) is 11.7 Å². The summed E-state index contributed by atoms with van der Waals surface area (Å²) in [5.41, 5.74) is -0.464. The Labute approximate surface area is 156 Å². The number of halogens is 1. The van der Waals surface area contributed by atoms with Crippen LogP contribution in [0.4, 0.5) is 10.2 Å². The number of rotatable bonds is 6. The van der Waals surface area contributed by atoms with E-state index >= 15 is 0 Å².